The van der Waals surface area contributed by atoms with E-state index in [1.165, 1.54) is 19.3 Å². The highest BCUT2D eigenvalue weighted by atomic mass is 16.4. The van der Waals surface area contributed by atoms with Crippen LogP contribution < -0.4 is 0 Å². The van der Waals surface area contributed by atoms with Gasteiger partial charge < -0.3 is 10.2 Å². The largest absolute Gasteiger partial charge is 0.481 e. The molecule has 0 aliphatic heterocycles. The van der Waals surface area contributed by atoms with Gasteiger partial charge in [0.05, 0.1) is 5.41 Å². The third-order valence-corrected chi connectivity index (χ3v) is 7.32. The topological polar surface area (TPSA) is 74.6 Å². The summed E-state index contributed by atoms with van der Waals surface area (Å²) in [6.07, 6.45) is 12.4. The summed E-state index contributed by atoms with van der Waals surface area (Å²) < 4.78 is 0. The minimum Gasteiger partial charge on any atom is -0.481 e. The van der Waals surface area contributed by atoms with Gasteiger partial charge in [0, 0.05) is 6.42 Å². The van der Waals surface area contributed by atoms with Crippen LogP contribution in [0.25, 0.3) is 0 Å². The first-order valence-corrected chi connectivity index (χ1v) is 12.0. The zero-order valence-corrected chi connectivity index (χ0v) is 20.1. The van der Waals surface area contributed by atoms with Crippen LogP contribution in [0.4, 0.5) is 0 Å². The number of hydrogen-bond donors (Lipinski definition) is 2. The molecule has 0 aliphatic rings. The number of carbonyl (C=O) groups is 2. The fraction of sp³-hybridized carbons (Fsp3) is 0.920. The Kier molecular flexibility index (Phi) is 13.5. The molecule has 0 rings (SSSR count). The average molecular weight is 413 g/mol. The fourth-order valence-corrected chi connectivity index (χ4v) is 5.64. The number of carboxylic acid groups (broad SMARTS) is 2. The molecule has 0 amide bonds. The molecule has 0 radical (unpaired) electrons. The molecule has 0 aromatic heterocycles. The van der Waals surface area contributed by atoms with Gasteiger partial charge in [-0.25, -0.2) is 0 Å². The van der Waals surface area contributed by atoms with Crippen molar-refractivity contribution in [3.63, 3.8) is 0 Å². The van der Waals surface area contributed by atoms with Crippen LogP contribution >= 0.6 is 0 Å². The highest BCUT2D eigenvalue weighted by Crippen LogP contribution is 2.56. The van der Waals surface area contributed by atoms with Gasteiger partial charge in [-0.2, -0.15) is 0 Å². The molecule has 0 saturated carbocycles. The van der Waals surface area contributed by atoms with Crippen LogP contribution in [0, 0.1) is 22.7 Å². The van der Waals surface area contributed by atoms with E-state index < -0.39 is 17.4 Å². The molecule has 2 N–H and O–H groups in total. The van der Waals surface area contributed by atoms with Gasteiger partial charge in [-0.1, -0.05) is 92.4 Å². The molecule has 1 unspecified atom stereocenters. The van der Waals surface area contributed by atoms with Crippen LogP contribution in [0.5, 0.6) is 0 Å². The van der Waals surface area contributed by atoms with Gasteiger partial charge in [0.1, 0.15) is 0 Å². The zero-order chi connectivity index (χ0) is 22.5. The van der Waals surface area contributed by atoms with Crippen LogP contribution in [0.1, 0.15) is 125 Å². The molecule has 0 aliphatic carbocycles. The lowest BCUT2D eigenvalue weighted by Gasteiger charge is -2.53. The van der Waals surface area contributed by atoms with Crippen LogP contribution in [-0.2, 0) is 9.59 Å². The first-order chi connectivity index (χ1) is 13.6. The standard InChI is InChI=1S/C25H48O4/c1-7-8-9-12-15-18-24(6,23(28)29)25(20(2)3,21(4)5)19-16-13-10-11-14-17-22(26)27/h20-21H,7-19H2,1-6H3,(H,26,27)(H,28,29). The van der Waals surface area contributed by atoms with Crippen molar-refractivity contribution in [2.24, 2.45) is 22.7 Å². The quantitative estimate of drug-likeness (QED) is 0.228. The molecule has 0 spiro atoms. The third kappa shape index (κ3) is 8.30. The maximum atomic E-state index is 12.6. The van der Waals surface area contributed by atoms with Gasteiger partial charge in [0.15, 0.2) is 0 Å². The molecule has 0 aromatic carbocycles. The van der Waals surface area contributed by atoms with Crippen molar-refractivity contribution in [1.82, 2.24) is 0 Å². The van der Waals surface area contributed by atoms with E-state index in [9.17, 15) is 14.7 Å². The molecular weight excluding hydrogens is 364 g/mol. The second kappa shape index (κ2) is 14.0. The third-order valence-electron chi connectivity index (χ3n) is 7.32. The summed E-state index contributed by atoms with van der Waals surface area (Å²) in [5.74, 6) is -0.769. The van der Waals surface area contributed by atoms with E-state index in [1.54, 1.807) is 0 Å². The summed E-state index contributed by atoms with van der Waals surface area (Å²) in [6, 6.07) is 0. The highest BCUT2D eigenvalue weighted by molar-refractivity contribution is 5.75. The first-order valence-electron chi connectivity index (χ1n) is 12.0. The van der Waals surface area contributed by atoms with Crippen molar-refractivity contribution in [2.45, 2.75) is 125 Å². The lowest BCUT2D eigenvalue weighted by Crippen LogP contribution is -2.52. The number of carboxylic acids is 2. The second-order valence-corrected chi connectivity index (χ2v) is 9.81. The zero-order valence-electron chi connectivity index (χ0n) is 20.1. The Hall–Kier alpha value is -1.06. The molecule has 4 nitrogen and oxygen atoms in total. The van der Waals surface area contributed by atoms with Gasteiger partial charge in [-0.3, -0.25) is 9.59 Å². The van der Waals surface area contributed by atoms with Crippen molar-refractivity contribution in [1.29, 1.82) is 0 Å². The second-order valence-electron chi connectivity index (χ2n) is 9.81. The van der Waals surface area contributed by atoms with Gasteiger partial charge in [0.25, 0.3) is 0 Å². The fourth-order valence-electron chi connectivity index (χ4n) is 5.64. The molecule has 0 saturated heterocycles. The minimum absolute atomic E-state index is 0.231. The molecule has 0 heterocycles. The molecule has 0 aromatic rings. The minimum atomic E-state index is -0.722. The molecule has 29 heavy (non-hydrogen) atoms. The predicted molar refractivity (Wildman–Crippen MR) is 121 cm³/mol. The molecule has 4 heteroatoms. The smallest absolute Gasteiger partial charge is 0.309 e. The van der Waals surface area contributed by atoms with Crippen molar-refractivity contribution in [2.75, 3.05) is 0 Å². The molecule has 1 atom stereocenters. The average Bonchev–Trinajstić information content (AvgIpc) is 2.62. The Labute approximate surface area is 179 Å². The normalized spacial score (nSPS) is 14.3. The van der Waals surface area contributed by atoms with E-state index in [-0.39, 0.29) is 11.8 Å². The summed E-state index contributed by atoms with van der Waals surface area (Å²) >= 11 is 0. The van der Waals surface area contributed by atoms with Gasteiger partial charge >= 0.3 is 11.9 Å². The molecule has 0 bridgehead atoms. The van der Waals surface area contributed by atoms with Crippen molar-refractivity contribution >= 4 is 11.9 Å². The Bertz CT molecular complexity index is 461. The Morgan fingerprint density at radius 1 is 0.724 bits per heavy atom. The predicted octanol–water partition coefficient (Wildman–Crippen LogP) is 7.55. The summed E-state index contributed by atoms with van der Waals surface area (Å²) in [5.41, 5.74) is -0.949. The first kappa shape index (κ1) is 27.9. The van der Waals surface area contributed by atoms with Crippen molar-refractivity contribution in [3.05, 3.63) is 0 Å². The van der Waals surface area contributed by atoms with Crippen LogP contribution in [0.3, 0.4) is 0 Å². The molecule has 172 valence electrons. The summed E-state index contributed by atoms with van der Waals surface area (Å²) in [5, 5.41) is 19.1. The number of aliphatic carboxylic acids is 2. The summed E-state index contributed by atoms with van der Waals surface area (Å²) in [7, 11) is 0. The van der Waals surface area contributed by atoms with E-state index >= 15 is 0 Å². The van der Waals surface area contributed by atoms with Gasteiger partial charge in [-0.15, -0.1) is 0 Å². The van der Waals surface area contributed by atoms with E-state index in [1.807, 2.05) is 6.92 Å². The molecular formula is C25H48O4. The summed E-state index contributed by atoms with van der Waals surface area (Å²) in [6.45, 7) is 13.0. The van der Waals surface area contributed by atoms with E-state index in [0.29, 0.717) is 11.8 Å². The SMILES string of the molecule is CCCCCCCC(C)(C(=O)O)C(CCCCCCCC(=O)O)(C(C)C)C(C)C. The van der Waals surface area contributed by atoms with E-state index in [4.69, 9.17) is 5.11 Å². The van der Waals surface area contributed by atoms with Gasteiger partial charge in [-0.05, 0) is 43.4 Å². The number of rotatable bonds is 18. The Morgan fingerprint density at radius 2 is 1.17 bits per heavy atom. The van der Waals surface area contributed by atoms with Crippen molar-refractivity contribution in [3.8, 4) is 0 Å². The van der Waals surface area contributed by atoms with E-state index in [2.05, 4.69) is 34.6 Å². The van der Waals surface area contributed by atoms with Crippen LogP contribution in [-0.4, -0.2) is 22.2 Å². The summed E-state index contributed by atoms with van der Waals surface area (Å²) in [4.78, 5) is 23.2. The maximum Gasteiger partial charge on any atom is 0.309 e. The number of unbranched alkanes of at least 4 members (excludes halogenated alkanes) is 8. The Balaban J connectivity index is 5.15. The van der Waals surface area contributed by atoms with Crippen molar-refractivity contribution < 1.29 is 19.8 Å². The maximum absolute atomic E-state index is 12.6. The highest BCUT2D eigenvalue weighted by Gasteiger charge is 2.55. The van der Waals surface area contributed by atoms with Crippen LogP contribution in [0.2, 0.25) is 0 Å². The monoisotopic (exact) mass is 412 g/mol. The van der Waals surface area contributed by atoms with Gasteiger partial charge in [0.2, 0.25) is 0 Å². The van der Waals surface area contributed by atoms with E-state index in [0.717, 1.165) is 57.8 Å². The lowest BCUT2D eigenvalue weighted by atomic mass is 9.50. The Morgan fingerprint density at radius 3 is 1.62 bits per heavy atom. The number of hydrogen-bond acceptors (Lipinski definition) is 2. The van der Waals surface area contributed by atoms with Crippen LogP contribution in [0.15, 0.2) is 0 Å². The lowest BCUT2D eigenvalue weighted by molar-refractivity contribution is -0.167. The molecule has 0 fully saturated rings.